The minimum Gasteiger partial charge on any atom is -0.374 e. The molecule has 1 aromatic heterocycles. The molecule has 1 heterocycles. The fourth-order valence-corrected chi connectivity index (χ4v) is 1.93. The minimum atomic E-state index is -0.380. The zero-order chi connectivity index (χ0) is 14.5. The number of rotatable bonds is 6. The van der Waals surface area contributed by atoms with E-state index < -0.39 is 0 Å². The molecule has 0 unspecified atom stereocenters. The molecular weight excluding hydrogens is 264 g/mol. The first-order valence-corrected chi connectivity index (χ1v) is 6.84. The highest BCUT2D eigenvalue weighted by atomic mass is 35.5. The highest BCUT2D eigenvalue weighted by Crippen LogP contribution is 2.12. The predicted octanol–water partition coefficient (Wildman–Crippen LogP) is 2.84. The van der Waals surface area contributed by atoms with Crippen molar-refractivity contribution in [3.05, 3.63) is 28.5 Å². The topological polar surface area (TPSA) is 51.2 Å². The lowest BCUT2D eigenvalue weighted by Gasteiger charge is -2.24. The fraction of sp³-hybridized carbons (Fsp3) is 0.571. The van der Waals surface area contributed by atoms with Gasteiger partial charge in [0.15, 0.2) is 0 Å². The van der Waals surface area contributed by atoms with Crippen molar-refractivity contribution in [3.8, 4) is 0 Å². The van der Waals surface area contributed by atoms with Crippen LogP contribution in [0.1, 0.15) is 43.7 Å². The molecule has 0 aliphatic carbocycles. The van der Waals surface area contributed by atoms with Crippen LogP contribution in [-0.2, 0) is 11.2 Å². The normalized spacial score (nSPS) is 11.4. The van der Waals surface area contributed by atoms with Crippen LogP contribution in [0.3, 0.4) is 0 Å². The van der Waals surface area contributed by atoms with E-state index in [1.807, 2.05) is 27.7 Å². The van der Waals surface area contributed by atoms with Crippen molar-refractivity contribution in [3.63, 3.8) is 0 Å². The summed E-state index contributed by atoms with van der Waals surface area (Å²) in [4.78, 5) is 16.2. The van der Waals surface area contributed by atoms with Crippen LogP contribution in [-0.4, -0.2) is 29.6 Å². The van der Waals surface area contributed by atoms with Crippen molar-refractivity contribution in [2.24, 2.45) is 0 Å². The Morgan fingerprint density at radius 1 is 1.42 bits per heavy atom. The van der Waals surface area contributed by atoms with Gasteiger partial charge in [-0.15, -0.1) is 0 Å². The van der Waals surface area contributed by atoms with Gasteiger partial charge in [-0.2, -0.15) is 0 Å². The summed E-state index contributed by atoms with van der Waals surface area (Å²) < 4.78 is 5.53. The lowest BCUT2D eigenvalue weighted by molar-refractivity contribution is -0.00815. The number of amides is 1. The molecule has 0 fully saturated rings. The van der Waals surface area contributed by atoms with E-state index in [2.05, 4.69) is 10.3 Å². The van der Waals surface area contributed by atoms with Gasteiger partial charge in [0, 0.05) is 24.4 Å². The van der Waals surface area contributed by atoms with Gasteiger partial charge in [-0.1, -0.05) is 18.5 Å². The number of hydrogen-bond donors (Lipinski definition) is 1. The van der Waals surface area contributed by atoms with E-state index in [0.717, 1.165) is 12.1 Å². The average molecular weight is 285 g/mol. The Balaban J connectivity index is 2.71. The molecule has 1 amide bonds. The molecule has 106 valence electrons. The maximum Gasteiger partial charge on any atom is 0.251 e. The molecule has 0 bridgehead atoms. The van der Waals surface area contributed by atoms with Gasteiger partial charge >= 0.3 is 0 Å². The van der Waals surface area contributed by atoms with Crippen LogP contribution in [0.15, 0.2) is 12.1 Å². The van der Waals surface area contributed by atoms with Crippen LogP contribution < -0.4 is 5.32 Å². The van der Waals surface area contributed by atoms with Gasteiger partial charge in [0.25, 0.3) is 5.91 Å². The summed E-state index contributed by atoms with van der Waals surface area (Å²) in [6.45, 7) is 8.84. The van der Waals surface area contributed by atoms with E-state index in [9.17, 15) is 4.79 Å². The maximum atomic E-state index is 12.1. The first-order valence-electron chi connectivity index (χ1n) is 6.46. The van der Waals surface area contributed by atoms with Crippen molar-refractivity contribution in [1.29, 1.82) is 0 Å². The highest BCUT2D eigenvalue weighted by Gasteiger charge is 2.19. The van der Waals surface area contributed by atoms with E-state index in [4.69, 9.17) is 16.3 Å². The van der Waals surface area contributed by atoms with Gasteiger partial charge in [-0.3, -0.25) is 4.79 Å². The standard InChI is InChI=1S/C14H21ClN2O2/c1-5-11-7-10(8-12(15)17-11)13(18)16-9-14(3,4)19-6-2/h7-8H,5-6,9H2,1-4H3,(H,16,18). The molecule has 0 aliphatic rings. The lowest BCUT2D eigenvalue weighted by atomic mass is 10.1. The smallest absolute Gasteiger partial charge is 0.251 e. The van der Waals surface area contributed by atoms with Gasteiger partial charge in [-0.25, -0.2) is 4.98 Å². The van der Waals surface area contributed by atoms with Crippen LogP contribution in [0.4, 0.5) is 0 Å². The molecule has 5 heteroatoms. The molecule has 1 aromatic rings. The number of ether oxygens (including phenoxy) is 1. The monoisotopic (exact) mass is 284 g/mol. The summed E-state index contributed by atoms with van der Waals surface area (Å²) in [5.74, 6) is -0.160. The molecule has 1 N–H and O–H groups in total. The van der Waals surface area contributed by atoms with Crippen molar-refractivity contribution in [2.45, 2.75) is 39.7 Å². The zero-order valence-corrected chi connectivity index (χ0v) is 12.7. The number of nitrogens with zero attached hydrogens (tertiary/aromatic N) is 1. The Hall–Kier alpha value is -1.13. The summed E-state index contributed by atoms with van der Waals surface area (Å²) in [5.41, 5.74) is 0.959. The van der Waals surface area contributed by atoms with Crippen molar-refractivity contribution in [2.75, 3.05) is 13.2 Å². The van der Waals surface area contributed by atoms with Crippen LogP contribution in [0.2, 0.25) is 5.15 Å². The van der Waals surface area contributed by atoms with E-state index in [1.54, 1.807) is 12.1 Å². The van der Waals surface area contributed by atoms with Crippen LogP contribution >= 0.6 is 11.6 Å². The number of carbonyl (C=O) groups is 1. The lowest BCUT2D eigenvalue weighted by Crippen LogP contribution is -2.40. The third-order valence-corrected chi connectivity index (χ3v) is 2.87. The van der Waals surface area contributed by atoms with Gasteiger partial charge in [0.1, 0.15) is 5.15 Å². The largest absolute Gasteiger partial charge is 0.374 e. The van der Waals surface area contributed by atoms with Crippen molar-refractivity contribution in [1.82, 2.24) is 10.3 Å². The quantitative estimate of drug-likeness (QED) is 0.817. The number of carbonyl (C=O) groups excluding carboxylic acids is 1. The highest BCUT2D eigenvalue weighted by molar-refractivity contribution is 6.29. The molecule has 19 heavy (non-hydrogen) atoms. The van der Waals surface area contributed by atoms with Gasteiger partial charge in [0.2, 0.25) is 0 Å². The SMILES string of the molecule is CCOC(C)(C)CNC(=O)c1cc(Cl)nc(CC)c1. The van der Waals surface area contributed by atoms with E-state index in [-0.39, 0.29) is 11.5 Å². The van der Waals surface area contributed by atoms with E-state index in [0.29, 0.717) is 23.9 Å². The molecule has 0 aromatic carbocycles. The first-order chi connectivity index (χ1) is 8.88. The van der Waals surface area contributed by atoms with Crippen molar-refractivity contribution < 1.29 is 9.53 Å². The summed E-state index contributed by atoms with van der Waals surface area (Å²) in [5, 5.41) is 3.19. The van der Waals surface area contributed by atoms with Crippen LogP contribution in [0, 0.1) is 0 Å². The number of hydrogen-bond acceptors (Lipinski definition) is 3. The molecular formula is C14H21ClN2O2. The Bertz CT molecular complexity index is 447. The zero-order valence-electron chi connectivity index (χ0n) is 11.9. The molecule has 0 saturated carbocycles. The molecule has 1 rings (SSSR count). The van der Waals surface area contributed by atoms with E-state index >= 15 is 0 Å². The number of nitrogens with one attached hydrogen (secondary N) is 1. The van der Waals surface area contributed by atoms with Gasteiger partial charge in [0.05, 0.1) is 5.60 Å². The second-order valence-electron chi connectivity index (χ2n) is 4.90. The third-order valence-electron chi connectivity index (χ3n) is 2.68. The summed E-state index contributed by atoms with van der Waals surface area (Å²) >= 11 is 5.90. The maximum absolute atomic E-state index is 12.1. The van der Waals surface area contributed by atoms with E-state index in [1.165, 1.54) is 0 Å². The van der Waals surface area contributed by atoms with Crippen molar-refractivity contribution >= 4 is 17.5 Å². The number of aryl methyl sites for hydroxylation is 1. The Labute approximate surface area is 119 Å². The second-order valence-corrected chi connectivity index (χ2v) is 5.29. The summed E-state index contributed by atoms with van der Waals surface area (Å²) in [6.07, 6.45) is 0.741. The Morgan fingerprint density at radius 3 is 2.68 bits per heavy atom. The fourth-order valence-electron chi connectivity index (χ4n) is 1.70. The summed E-state index contributed by atoms with van der Waals surface area (Å²) in [6, 6.07) is 3.33. The first kappa shape index (κ1) is 15.9. The minimum absolute atomic E-state index is 0.160. The van der Waals surface area contributed by atoms with Crippen LogP contribution in [0.25, 0.3) is 0 Å². The molecule has 0 aliphatic heterocycles. The number of aromatic nitrogens is 1. The average Bonchev–Trinajstić information content (AvgIpc) is 2.35. The number of pyridine rings is 1. The Morgan fingerprint density at radius 2 is 2.11 bits per heavy atom. The predicted molar refractivity (Wildman–Crippen MR) is 76.7 cm³/mol. The molecule has 0 saturated heterocycles. The third kappa shape index (κ3) is 5.17. The molecule has 0 radical (unpaired) electrons. The van der Waals surface area contributed by atoms with Gasteiger partial charge in [-0.05, 0) is 39.3 Å². The molecule has 0 spiro atoms. The summed E-state index contributed by atoms with van der Waals surface area (Å²) in [7, 11) is 0. The molecule has 4 nitrogen and oxygen atoms in total. The van der Waals surface area contributed by atoms with Crippen LogP contribution in [0.5, 0.6) is 0 Å². The second kappa shape index (κ2) is 6.87. The van der Waals surface area contributed by atoms with Gasteiger partial charge < -0.3 is 10.1 Å². The number of halogens is 1. The Kier molecular flexibility index (Phi) is 5.76. The molecule has 0 atom stereocenters.